The maximum absolute atomic E-state index is 13.2. The predicted molar refractivity (Wildman–Crippen MR) is 179 cm³/mol. The first-order chi connectivity index (χ1) is 22.4. The number of nitro benzene ring substituents is 1. The number of nitrogens with zero attached hydrogens (tertiary/aromatic N) is 7. The Hall–Kier alpha value is -4.45. The van der Waals surface area contributed by atoms with Gasteiger partial charge >= 0.3 is 5.69 Å². The lowest BCUT2D eigenvalue weighted by Crippen LogP contribution is -2.48. The van der Waals surface area contributed by atoms with E-state index in [2.05, 4.69) is 44.3 Å². The zero-order chi connectivity index (χ0) is 33.7. The minimum Gasteiger partial charge on any atom is -0.502 e. The monoisotopic (exact) mass is 683 g/mol. The van der Waals surface area contributed by atoms with E-state index >= 15 is 0 Å². The Kier molecular flexibility index (Phi) is 10.5. The number of anilines is 3. The number of aromatic nitrogens is 4. The van der Waals surface area contributed by atoms with Gasteiger partial charge in [-0.1, -0.05) is 12.1 Å². The highest BCUT2D eigenvalue weighted by molar-refractivity contribution is 7.99. The van der Waals surface area contributed by atoms with Gasteiger partial charge in [0, 0.05) is 67.6 Å². The van der Waals surface area contributed by atoms with Gasteiger partial charge in [-0.2, -0.15) is 5.10 Å². The summed E-state index contributed by atoms with van der Waals surface area (Å²) in [4.78, 5) is 27.5. The van der Waals surface area contributed by atoms with Crippen molar-refractivity contribution in [1.29, 1.82) is 0 Å². The van der Waals surface area contributed by atoms with Crippen molar-refractivity contribution in [2.24, 2.45) is 0 Å². The molecule has 4 aromatic rings. The van der Waals surface area contributed by atoms with Gasteiger partial charge in [0.25, 0.3) is 0 Å². The van der Waals surface area contributed by atoms with Crippen LogP contribution in [0.3, 0.4) is 0 Å². The maximum Gasteiger partial charge on any atom is 0.311 e. The number of likely N-dealkylation sites (N-methyl/N-ethyl adjacent to an activating group) is 1. The second-order valence-electron chi connectivity index (χ2n) is 11.3. The van der Waals surface area contributed by atoms with E-state index in [-0.39, 0.29) is 10.5 Å². The number of phenolic OH excluding ortho intramolecular Hbond substituents is 1. The molecule has 1 aliphatic heterocycles. The molecule has 0 saturated carbocycles. The standard InChI is InChI=1S/C30H37N9O6S2/c1-20-18-25(35-34-20)31-28-27(45-4)29(38-16-14-37(15-17-38)13-12-36(2)3)33-30(32-28)46-22-8-10-23(11-9-22)47(43,44)19-21-6-5-7-24(26(21)40)39(41)42/h5-11,18,40H,12-17,19H2,1-4H3,(H2,31,32,33,34,35). The predicted octanol–water partition coefficient (Wildman–Crippen LogP) is 3.68. The molecule has 3 heterocycles. The Labute approximate surface area is 277 Å². The number of ether oxygens (including phenoxy) is 1. The number of hydrogen-bond acceptors (Lipinski definition) is 14. The quantitative estimate of drug-likeness (QED) is 0.105. The highest BCUT2D eigenvalue weighted by Gasteiger charge is 2.26. The topological polar surface area (TPSA) is 183 Å². The fourth-order valence-electron chi connectivity index (χ4n) is 5.03. The third kappa shape index (κ3) is 8.29. The average Bonchev–Trinajstić information content (AvgIpc) is 3.45. The van der Waals surface area contributed by atoms with Crippen molar-refractivity contribution in [3.8, 4) is 11.5 Å². The first-order valence-corrected chi connectivity index (χ1v) is 17.2. The Balaban J connectivity index is 1.39. The summed E-state index contributed by atoms with van der Waals surface area (Å²) in [7, 11) is 1.78. The smallest absolute Gasteiger partial charge is 0.311 e. The van der Waals surface area contributed by atoms with Crippen LogP contribution in [0, 0.1) is 17.0 Å². The SMILES string of the molecule is COc1c(Nc2cc(C)[nH]n2)nc(Sc2ccc(S(=O)(=O)Cc3cccc([N+](=O)[O-])c3O)cc2)nc1N1CCN(CCN(C)C)CC1. The van der Waals surface area contributed by atoms with Crippen LogP contribution >= 0.6 is 11.8 Å². The van der Waals surface area contributed by atoms with Gasteiger partial charge in [0.15, 0.2) is 38.2 Å². The van der Waals surface area contributed by atoms with Gasteiger partial charge in [-0.05, 0) is 57.0 Å². The summed E-state index contributed by atoms with van der Waals surface area (Å²) in [5.41, 5.74) is 0.271. The average molecular weight is 684 g/mol. The van der Waals surface area contributed by atoms with Crippen LogP contribution < -0.4 is 15.0 Å². The number of benzene rings is 2. The van der Waals surface area contributed by atoms with E-state index in [0.29, 0.717) is 33.3 Å². The first kappa shape index (κ1) is 33.9. The molecule has 250 valence electrons. The van der Waals surface area contributed by atoms with Gasteiger partial charge in [0.1, 0.15) is 0 Å². The van der Waals surface area contributed by atoms with Crippen molar-refractivity contribution in [2.75, 3.05) is 70.7 Å². The molecule has 0 bridgehead atoms. The largest absolute Gasteiger partial charge is 0.502 e. The molecule has 1 saturated heterocycles. The first-order valence-electron chi connectivity index (χ1n) is 14.8. The lowest BCUT2D eigenvalue weighted by molar-refractivity contribution is -0.385. The molecule has 47 heavy (non-hydrogen) atoms. The van der Waals surface area contributed by atoms with Crippen LogP contribution in [0.1, 0.15) is 11.3 Å². The summed E-state index contributed by atoms with van der Waals surface area (Å²) in [5.74, 6) is 0.884. The molecule has 17 heteroatoms. The number of methoxy groups -OCH3 is 1. The highest BCUT2D eigenvalue weighted by atomic mass is 32.2. The van der Waals surface area contributed by atoms with E-state index in [0.717, 1.165) is 51.0 Å². The Morgan fingerprint density at radius 2 is 1.85 bits per heavy atom. The zero-order valence-electron chi connectivity index (χ0n) is 26.5. The molecule has 0 atom stereocenters. The third-order valence-corrected chi connectivity index (χ3v) is 10.1. The summed E-state index contributed by atoms with van der Waals surface area (Å²) in [6, 6.07) is 11.9. The van der Waals surface area contributed by atoms with Gasteiger partial charge in [-0.15, -0.1) is 0 Å². The van der Waals surface area contributed by atoms with E-state index < -0.39 is 32.0 Å². The molecule has 0 unspecified atom stereocenters. The van der Waals surface area contributed by atoms with E-state index in [4.69, 9.17) is 14.7 Å². The van der Waals surface area contributed by atoms with E-state index in [9.17, 15) is 23.6 Å². The van der Waals surface area contributed by atoms with Crippen LogP contribution in [0.15, 0.2) is 63.5 Å². The number of piperazine rings is 1. The van der Waals surface area contributed by atoms with Crippen LogP contribution in [0.5, 0.6) is 11.5 Å². The van der Waals surface area contributed by atoms with Crippen molar-refractivity contribution in [3.63, 3.8) is 0 Å². The molecule has 0 radical (unpaired) electrons. The van der Waals surface area contributed by atoms with Crippen LogP contribution in [-0.4, -0.2) is 109 Å². The molecule has 15 nitrogen and oxygen atoms in total. The number of aromatic amines is 1. The number of hydrogen-bond donors (Lipinski definition) is 3. The van der Waals surface area contributed by atoms with Gasteiger partial charge in [-0.25, -0.2) is 18.4 Å². The Morgan fingerprint density at radius 3 is 2.47 bits per heavy atom. The highest BCUT2D eigenvalue weighted by Crippen LogP contribution is 2.39. The van der Waals surface area contributed by atoms with E-state index in [1.54, 1.807) is 19.2 Å². The minimum absolute atomic E-state index is 0.00694. The fraction of sp³-hybridized carbons (Fsp3) is 0.367. The maximum atomic E-state index is 13.2. The molecule has 0 aliphatic carbocycles. The molecule has 5 rings (SSSR count). The molecular formula is C30H37N9O6S2. The number of H-pyrrole nitrogens is 1. The van der Waals surface area contributed by atoms with Gasteiger partial charge in [0.05, 0.1) is 22.7 Å². The van der Waals surface area contributed by atoms with Crippen molar-refractivity contribution >= 4 is 44.7 Å². The fourth-order valence-corrected chi connectivity index (χ4v) is 7.14. The molecule has 2 aromatic heterocycles. The zero-order valence-corrected chi connectivity index (χ0v) is 28.1. The molecule has 3 N–H and O–H groups in total. The van der Waals surface area contributed by atoms with Crippen molar-refractivity contribution in [3.05, 3.63) is 69.9 Å². The van der Waals surface area contributed by atoms with Gasteiger partial charge < -0.3 is 25.0 Å². The number of sulfone groups is 1. The van der Waals surface area contributed by atoms with Crippen molar-refractivity contribution in [2.45, 2.75) is 27.6 Å². The number of para-hydroxylation sites is 1. The number of rotatable bonds is 13. The third-order valence-electron chi connectivity index (χ3n) is 7.55. The van der Waals surface area contributed by atoms with Gasteiger partial charge in [0.2, 0.25) is 5.75 Å². The van der Waals surface area contributed by atoms with Crippen LogP contribution in [0.2, 0.25) is 0 Å². The second-order valence-corrected chi connectivity index (χ2v) is 14.3. The van der Waals surface area contributed by atoms with E-state index in [1.807, 2.05) is 13.0 Å². The Bertz CT molecular complexity index is 1830. The molecule has 1 fully saturated rings. The van der Waals surface area contributed by atoms with Crippen LogP contribution in [0.25, 0.3) is 0 Å². The molecule has 2 aromatic carbocycles. The van der Waals surface area contributed by atoms with Crippen LogP contribution in [-0.2, 0) is 15.6 Å². The number of nitrogens with one attached hydrogen (secondary N) is 2. The summed E-state index contributed by atoms with van der Waals surface area (Å²) in [5, 5.41) is 32.3. The molecule has 0 spiro atoms. The molecule has 0 amide bonds. The number of aromatic hydroxyl groups is 1. The second kappa shape index (κ2) is 14.5. The number of nitro groups is 1. The van der Waals surface area contributed by atoms with Crippen molar-refractivity contribution < 1.29 is 23.2 Å². The normalized spacial score (nSPS) is 14.0. The summed E-state index contributed by atoms with van der Waals surface area (Å²) < 4.78 is 32.1. The molecule has 1 aliphatic rings. The number of aryl methyl sites for hydroxylation is 1. The summed E-state index contributed by atoms with van der Waals surface area (Å²) in [6.45, 7) is 7.09. The minimum atomic E-state index is -3.92. The van der Waals surface area contributed by atoms with E-state index in [1.165, 1.54) is 36.0 Å². The van der Waals surface area contributed by atoms with Crippen molar-refractivity contribution in [1.82, 2.24) is 30.0 Å². The summed E-state index contributed by atoms with van der Waals surface area (Å²) >= 11 is 1.26. The lowest BCUT2D eigenvalue weighted by atomic mass is 10.2. The van der Waals surface area contributed by atoms with Gasteiger partial charge in [-0.3, -0.25) is 20.1 Å². The lowest BCUT2D eigenvalue weighted by Gasteiger charge is -2.36. The molecular weight excluding hydrogens is 647 g/mol. The Morgan fingerprint density at radius 1 is 1.13 bits per heavy atom. The number of phenols is 1. The van der Waals surface area contributed by atoms with Crippen LogP contribution in [0.4, 0.5) is 23.1 Å². The summed E-state index contributed by atoms with van der Waals surface area (Å²) in [6.07, 6.45) is 0.